The van der Waals surface area contributed by atoms with Crippen LogP contribution in [0.1, 0.15) is 72.1 Å². The second-order valence-corrected chi connectivity index (χ2v) is 9.70. The molecule has 0 saturated heterocycles. The van der Waals surface area contributed by atoms with Gasteiger partial charge in [0.1, 0.15) is 5.60 Å². The van der Waals surface area contributed by atoms with Crippen LogP contribution in [0.5, 0.6) is 0 Å². The van der Waals surface area contributed by atoms with Gasteiger partial charge in [0.2, 0.25) is 0 Å². The van der Waals surface area contributed by atoms with Crippen LogP contribution in [0.3, 0.4) is 0 Å². The highest BCUT2D eigenvalue weighted by Crippen LogP contribution is 2.67. The van der Waals surface area contributed by atoms with Crippen LogP contribution in [-0.4, -0.2) is 32.8 Å². The molecule has 3 saturated carbocycles. The smallest absolute Gasteiger partial charge is 0.111 e. The normalized spacial score (nSPS) is 52.8. The zero-order valence-corrected chi connectivity index (χ0v) is 15.8. The molecule has 0 aromatic rings. The molecule has 0 radical (unpaired) electrons. The van der Waals surface area contributed by atoms with Crippen molar-refractivity contribution < 1.29 is 15.4 Å². The van der Waals surface area contributed by atoms with Crippen LogP contribution in [0, 0.1) is 28.6 Å². The molecule has 0 aliphatic heterocycles. The molecule has 140 valence electrons. The summed E-state index contributed by atoms with van der Waals surface area (Å²) in [6.45, 7) is 6.41. The molecule has 4 nitrogen and oxygen atoms in total. The van der Waals surface area contributed by atoms with Gasteiger partial charge in [-0.2, -0.15) is 0 Å². The molecule has 0 aromatic carbocycles. The van der Waals surface area contributed by atoms with Crippen molar-refractivity contribution in [2.24, 2.45) is 33.7 Å². The summed E-state index contributed by atoms with van der Waals surface area (Å²) in [6.07, 6.45) is 10.0. The van der Waals surface area contributed by atoms with Crippen LogP contribution >= 0.6 is 0 Å². The number of aliphatic hydroxyl groups excluding tert-OH is 1. The van der Waals surface area contributed by atoms with Crippen molar-refractivity contribution in [3.05, 3.63) is 11.6 Å². The van der Waals surface area contributed by atoms with E-state index in [9.17, 15) is 15.4 Å². The van der Waals surface area contributed by atoms with Gasteiger partial charge < -0.3 is 15.4 Å². The topological polar surface area (TPSA) is 73.1 Å². The lowest BCUT2D eigenvalue weighted by molar-refractivity contribution is -0.0936. The SMILES string of the molecule is C/C(=N/O)[C@@]1(O)CC[C@H]2[C@@H]3CC=C4C[C@@H](O)CC[C@]4(C)[C@H]3CC[C@@]21C. The fraction of sp³-hybridized carbons (Fsp3) is 0.857. The Balaban J connectivity index is 1.69. The van der Waals surface area contributed by atoms with Gasteiger partial charge in [0.05, 0.1) is 11.8 Å². The highest BCUT2D eigenvalue weighted by Gasteiger charge is 2.64. The number of hydrogen-bond acceptors (Lipinski definition) is 4. The minimum absolute atomic E-state index is 0.162. The van der Waals surface area contributed by atoms with E-state index in [0.717, 1.165) is 44.9 Å². The average molecular weight is 347 g/mol. The number of hydrogen-bond donors (Lipinski definition) is 3. The Labute approximate surface area is 151 Å². The summed E-state index contributed by atoms with van der Waals surface area (Å²) < 4.78 is 0. The van der Waals surface area contributed by atoms with Gasteiger partial charge >= 0.3 is 0 Å². The number of oxime groups is 1. The second-order valence-electron chi connectivity index (χ2n) is 9.70. The van der Waals surface area contributed by atoms with Gasteiger partial charge in [0.15, 0.2) is 0 Å². The van der Waals surface area contributed by atoms with E-state index in [1.165, 1.54) is 5.57 Å². The van der Waals surface area contributed by atoms with E-state index < -0.39 is 5.60 Å². The molecule has 0 unspecified atom stereocenters. The number of nitrogens with zero attached hydrogens (tertiary/aromatic N) is 1. The fourth-order valence-electron chi connectivity index (χ4n) is 7.33. The quantitative estimate of drug-likeness (QED) is 0.292. The van der Waals surface area contributed by atoms with E-state index in [0.29, 0.717) is 29.9 Å². The molecule has 4 heteroatoms. The number of fused-ring (bicyclic) bond motifs is 5. The maximum Gasteiger partial charge on any atom is 0.111 e. The lowest BCUT2D eigenvalue weighted by Gasteiger charge is -2.58. The summed E-state index contributed by atoms with van der Waals surface area (Å²) in [5, 5.41) is 34.2. The Morgan fingerprint density at radius 1 is 1.12 bits per heavy atom. The lowest BCUT2D eigenvalue weighted by atomic mass is 9.46. The second kappa shape index (κ2) is 5.56. The molecule has 4 aliphatic rings. The van der Waals surface area contributed by atoms with E-state index in [1.807, 2.05) is 0 Å². The first kappa shape index (κ1) is 17.5. The van der Waals surface area contributed by atoms with E-state index in [4.69, 9.17) is 0 Å². The first-order valence-corrected chi connectivity index (χ1v) is 10.1. The van der Waals surface area contributed by atoms with Gasteiger partial charge in [-0.05, 0) is 81.5 Å². The first-order chi connectivity index (χ1) is 11.8. The summed E-state index contributed by atoms with van der Waals surface area (Å²) in [6, 6.07) is 0. The summed E-state index contributed by atoms with van der Waals surface area (Å²) >= 11 is 0. The van der Waals surface area contributed by atoms with Crippen LogP contribution in [0.15, 0.2) is 16.8 Å². The zero-order chi connectivity index (χ0) is 18.0. The van der Waals surface area contributed by atoms with Crippen molar-refractivity contribution in [1.82, 2.24) is 0 Å². The zero-order valence-electron chi connectivity index (χ0n) is 15.8. The molecule has 0 heterocycles. The van der Waals surface area contributed by atoms with E-state index in [2.05, 4.69) is 25.1 Å². The van der Waals surface area contributed by atoms with Crippen LogP contribution in [-0.2, 0) is 0 Å². The summed E-state index contributed by atoms with van der Waals surface area (Å²) in [4.78, 5) is 0. The summed E-state index contributed by atoms with van der Waals surface area (Å²) in [7, 11) is 0. The maximum absolute atomic E-state index is 11.4. The first-order valence-electron chi connectivity index (χ1n) is 10.1. The van der Waals surface area contributed by atoms with Crippen LogP contribution in [0.4, 0.5) is 0 Å². The van der Waals surface area contributed by atoms with Crippen molar-refractivity contribution >= 4 is 5.71 Å². The van der Waals surface area contributed by atoms with Gasteiger partial charge in [-0.15, -0.1) is 0 Å². The molecule has 4 rings (SSSR count). The Kier molecular flexibility index (Phi) is 3.90. The molecule has 0 aromatic heterocycles. The third kappa shape index (κ3) is 2.16. The third-order valence-electron chi connectivity index (χ3n) is 8.98. The Morgan fingerprint density at radius 2 is 1.84 bits per heavy atom. The Hall–Kier alpha value is -0.870. The van der Waals surface area contributed by atoms with Gasteiger partial charge in [0.25, 0.3) is 0 Å². The monoisotopic (exact) mass is 347 g/mol. The predicted octanol–water partition coefficient (Wildman–Crippen LogP) is 3.89. The van der Waals surface area contributed by atoms with E-state index in [1.54, 1.807) is 6.92 Å². The molecular weight excluding hydrogens is 314 g/mol. The average Bonchev–Trinajstić information content (AvgIpc) is 2.87. The number of rotatable bonds is 1. The minimum atomic E-state index is -0.967. The third-order valence-corrected chi connectivity index (χ3v) is 8.98. The van der Waals surface area contributed by atoms with Crippen molar-refractivity contribution in [2.45, 2.75) is 83.8 Å². The van der Waals surface area contributed by atoms with E-state index >= 15 is 0 Å². The molecule has 0 amide bonds. The fourth-order valence-corrected chi connectivity index (χ4v) is 7.33. The van der Waals surface area contributed by atoms with E-state index in [-0.39, 0.29) is 16.9 Å². The highest BCUT2D eigenvalue weighted by molar-refractivity contribution is 5.91. The summed E-state index contributed by atoms with van der Waals surface area (Å²) in [5.41, 5.74) is 1.03. The molecule has 3 N–H and O–H groups in total. The number of allylic oxidation sites excluding steroid dienone is 1. The van der Waals surface area contributed by atoms with Crippen LogP contribution < -0.4 is 0 Å². The molecule has 3 fully saturated rings. The van der Waals surface area contributed by atoms with Crippen LogP contribution in [0.2, 0.25) is 0 Å². The van der Waals surface area contributed by atoms with Gasteiger partial charge in [-0.25, -0.2) is 0 Å². The molecule has 4 aliphatic carbocycles. The molecular formula is C21H33NO3. The highest BCUT2D eigenvalue weighted by atomic mass is 16.4. The van der Waals surface area contributed by atoms with Gasteiger partial charge in [-0.3, -0.25) is 0 Å². The van der Waals surface area contributed by atoms with Crippen LogP contribution in [0.25, 0.3) is 0 Å². The molecule has 7 atom stereocenters. The largest absolute Gasteiger partial charge is 0.411 e. The van der Waals surface area contributed by atoms with Gasteiger partial charge in [-0.1, -0.05) is 30.7 Å². The lowest BCUT2D eigenvalue weighted by Crippen LogP contribution is -2.57. The maximum atomic E-state index is 11.4. The van der Waals surface area contributed by atoms with Crippen molar-refractivity contribution in [3.8, 4) is 0 Å². The predicted molar refractivity (Wildman–Crippen MR) is 97.6 cm³/mol. The molecule has 0 bridgehead atoms. The molecule has 0 spiro atoms. The Bertz CT molecular complexity index is 629. The van der Waals surface area contributed by atoms with Crippen molar-refractivity contribution in [2.75, 3.05) is 0 Å². The minimum Gasteiger partial charge on any atom is -0.411 e. The van der Waals surface area contributed by atoms with Gasteiger partial charge in [0, 0.05) is 5.41 Å². The molecule has 25 heavy (non-hydrogen) atoms. The van der Waals surface area contributed by atoms with Crippen molar-refractivity contribution in [3.63, 3.8) is 0 Å². The van der Waals surface area contributed by atoms with Crippen molar-refractivity contribution in [1.29, 1.82) is 0 Å². The summed E-state index contributed by atoms with van der Waals surface area (Å²) in [5.74, 6) is 1.74. The standard InChI is InChI=1S/C21H33NO3/c1-13(22-25)21(24)11-8-18-16-5-4-14-12-15(23)6-9-19(14,2)17(16)7-10-20(18,21)3/h4,15-18,23-25H,5-12H2,1-3H3/b22-13-/t15-,16+,17-,18-,19-,20-,21-/m0/s1. The number of aliphatic hydroxyl groups is 2. The Morgan fingerprint density at radius 3 is 2.56 bits per heavy atom.